The van der Waals surface area contributed by atoms with Crippen molar-refractivity contribution < 1.29 is 19.5 Å². The number of carbonyl (C=O) groups excluding carboxylic acids is 2. The molecule has 8 nitrogen and oxygen atoms in total. The monoisotopic (exact) mass is 288 g/mol. The molecule has 0 saturated heterocycles. The van der Waals surface area contributed by atoms with Crippen LogP contribution in [0.3, 0.4) is 0 Å². The zero-order valence-electron chi connectivity index (χ0n) is 12.0. The van der Waals surface area contributed by atoms with Crippen LogP contribution in [-0.2, 0) is 9.59 Å². The van der Waals surface area contributed by atoms with Gasteiger partial charge in [0.15, 0.2) is 0 Å². The Hall–Kier alpha value is -1.83. The van der Waals surface area contributed by atoms with Crippen molar-refractivity contribution in [2.24, 2.45) is 5.73 Å². The van der Waals surface area contributed by atoms with Crippen LogP contribution >= 0.6 is 0 Å². The SMILES string of the molecule is CCN(CC)CCNC(=O)N[C@H](CCC(N)=O)C(=O)O. The molecule has 0 aromatic carbocycles. The third-order valence-electron chi connectivity index (χ3n) is 2.89. The molecule has 0 aliphatic carbocycles. The van der Waals surface area contributed by atoms with Crippen molar-refractivity contribution in [2.75, 3.05) is 26.2 Å². The van der Waals surface area contributed by atoms with E-state index < -0.39 is 23.9 Å². The van der Waals surface area contributed by atoms with Gasteiger partial charge in [-0.05, 0) is 19.5 Å². The first kappa shape index (κ1) is 18.2. The maximum Gasteiger partial charge on any atom is 0.326 e. The van der Waals surface area contributed by atoms with Crippen LogP contribution in [0.15, 0.2) is 0 Å². The van der Waals surface area contributed by atoms with E-state index in [-0.39, 0.29) is 12.8 Å². The number of nitrogens with two attached hydrogens (primary N) is 1. The summed E-state index contributed by atoms with van der Waals surface area (Å²) in [5, 5.41) is 13.8. The summed E-state index contributed by atoms with van der Waals surface area (Å²) in [6, 6.07) is -1.68. The number of amides is 3. The second-order valence-electron chi connectivity index (χ2n) is 4.32. The quantitative estimate of drug-likeness (QED) is 0.425. The fourth-order valence-electron chi connectivity index (χ4n) is 1.62. The molecule has 0 saturated carbocycles. The van der Waals surface area contributed by atoms with E-state index in [4.69, 9.17) is 10.8 Å². The number of carbonyl (C=O) groups is 3. The molecule has 0 spiro atoms. The highest BCUT2D eigenvalue weighted by Crippen LogP contribution is 1.97. The molecule has 0 heterocycles. The molecule has 3 amide bonds. The van der Waals surface area contributed by atoms with Gasteiger partial charge in [0, 0.05) is 19.5 Å². The lowest BCUT2D eigenvalue weighted by molar-refractivity contribution is -0.139. The third-order valence-corrected chi connectivity index (χ3v) is 2.89. The molecular weight excluding hydrogens is 264 g/mol. The van der Waals surface area contributed by atoms with E-state index >= 15 is 0 Å². The number of aliphatic carboxylic acids is 1. The molecule has 0 aromatic rings. The Morgan fingerprint density at radius 2 is 1.85 bits per heavy atom. The smallest absolute Gasteiger partial charge is 0.326 e. The molecule has 0 aliphatic rings. The average molecular weight is 288 g/mol. The fourth-order valence-corrected chi connectivity index (χ4v) is 1.62. The van der Waals surface area contributed by atoms with Crippen LogP contribution in [0.5, 0.6) is 0 Å². The molecule has 0 rings (SSSR count). The lowest BCUT2D eigenvalue weighted by Gasteiger charge is -2.19. The minimum atomic E-state index is -1.19. The van der Waals surface area contributed by atoms with Gasteiger partial charge in [0.25, 0.3) is 0 Å². The lowest BCUT2D eigenvalue weighted by Crippen LogP contribution is -2.47. The number of carboxylic acids is 1. The van der Waals surface area contributed by atoms with Gasteiger partial charge >= 0.3 is 12.0 Å². The summed E-state index contributed by atoms with van der Waals surface area (Å²) in [7, 11) is 0. The number of urea groups is 1. The highest BCUT2D eigenvalue weighted by molar-refractivity contribution is 5.83. The van der Waals surface area contributed by atoms with Gasteiger partial charge in [0.05, 0.1) is 0 Å². The Morgan fingerprint density at radius 1 is 1.25 bits per heavy atom. The topological polar surface area (TPSA) is 125 Å². The molecule has 116 valence electrons. The molecule has 0 aliphatic heterocycles. The summed E-state index contributed by atoms with van der Waals surface area (Å²) in [6.07, 6.45) is -0.106. The minimum absolute atomic E-state index is 0.0197. The summed E-state index contributed by atoms with van der Waals surface area (Å²) in [4.78, 5) is 35.2. The molecule has 0 fully saturated rings. The van der Waals surface area contributed by atoms with Crippen LogP contribution in [0.1, 0.15) is 26.7 Å². The van der Waals surface area contributed by atoms with Crippen LogP contribution in [0.25, 0.3) is 0 Å². The van der Waals surface area contributed by atoms with Crippen LogP contribution in [0.4, 0.5) is 4.79 Å². The van der Waals surface area contributed by atoms with E-state index in [0.29, 0.717) is 13.1 Å². The maximum atomic E-state index is 11.5. The molecular formula is C12H24N4O4. The largest absolute Gasteiger partial charge is 0.480 e. The van der Waals surface area contributed by atoms with Crippen molar-refractivity contribution in [3.05, 3.63) is 0 Å². The zero-order chi connectivity index (χ0) is 15.5. The van der Waals surface area contributed by atoms with Crippen LogP contribution in [-0.4, -0.2) is 60.1 Å². The van der Waals surface area contributed by atoms with Crippen LogP contribution in [0, 0.1) is 0 Å². The predicted octanol–water partition coefficient (Wildman–Crippen LogP) is -0.654. The summed E-state index contributed by atoms with van der Waals surface area (Å²) in [6.45, 7) is 6.93. The highest BCUT2D eigenvalue weighted by Gasteiger charge is 2.20. The first-order valence-electron chi connectivity index (χ1n) is 6.68. The van der Waals surface area contributed by atoms with Crippen molar-refractivity contribution in [1.29, 1.82) is 0 Å². The van der Waals surface area contributed by atoms with Crippen molar-refractivity contribution >= 4 is 17.9 Å². The number of likely N-dealkylation sites (N-methyl/N-ethyl adjacent to an activating group) is 1. The first-order valence-corrected chi connectivity index (χ1v) is 6.68. The standard InChI is InChI=1S/C12H24N4O4/c1-3-16(4-2)8-7-14-12(20)15-9(11(18)19)5-6-10(13)17/h9H,3-8H2,1-2H3,(H2,13,17)(H,18,19)(H2,14,15,20)/t9-/m1/s1. The van der Waals surface area contributed by atoms with Crippen molar-refractivity contribution in [1.82, 2.24) is 15.5 Å². The second kappa shape index (κ2) is 10.0. The summed E-state index contributed by atoms with van der Waals surface area (Å²) in [5.41, 5.74) is 4.95. The number of hydrogen-bond acceptors (Lipinski definition) is 4. The molecule has 0 radical (unpaired) electrons. The molecule has 0 unspecified atom stereocenters. The molecule has 5 N–H and O–H groups in total. The van der Waals surface area contributed by atoms with Gasteiger partial charge < -0.3 is 26.4 Å². The Morgan fingerprint density at radius 3 is 2.30 bits per heavy atom. The maximum absolute atomic E-state index is 11.5. The van der Waals surface area contributed by atoms with E-state index in [1.807, 2.05) is 13.8 Å². The molecule has 20 heavy (non-hydrogen) atoms. The van der Waals surface area contributed by atoms with Crippen molar-refractivity contribution in [3.63, 3.8) is 0 Å². The normalized spacial score (nSPS) is 11.9. The van der Waals surface area contributed by atoms with Gasteiger partial charge in [0.2, 0.25) is 5.91 Å². The van der Waals surface area contributed by atoms with Gasteiger partial charge in [-0.25, -0.2) is 9.59 Å². The van der Waals surface area contributed by atoms with Gasteiger partial charge in [-0.1, -0.05) is 13.8 Å². The summed E-state index contributed by atoms with van der Waals surface area (Å²) >= 11 is 0. The summed E-state index contributed by atoms with van der Waals surface area (Å²) < 4.78 is 0. The van der Waals surface area contributed by atoms with Gasteiger partial charge in [-0.15, -0.1) is 0 Å². The third kappa shape index (κ3) is 8.30. The number of nitrogens with zero attached hydrogens (tertiary/aromatic N) is 1. The minimum Gasteiger partial charge on any atom is -0.480 e. The lowest BCUT2D eigenvalue weighted by atomic mass is 10.1. The number of carboxylic acid groups (broad SMARTS) is 1. The number of nitrogens with one attached hydrogen (secondary N) is 2. The van der Waals surface area contributed by atoms with E-state index in [1.165, 1.54) is 0 Å². The number of hydrogen-bond donors (Lipinski definition) is 4. The van der Waals surface area contributed by atoms with Gasteiger partial charge in [0.1, 0.15) is 6.04 Å². The summed E-state index contributed by atoms with van der Waals surface area (Å²) in [5.74, 6) is -1.79. The Labute approximate surface area is 118 Å². The molecule has 0 aromatic heterocycles. The van der Waals surface area contributed by atoms with Gasteiger partial charge in [-0.2, -0.15) is 0 Å². The Bertz CT molecular complexity index is 331. The van der Waals surface area contributed by atoms with Crippen molar-refractivity contribution in [3.8, 4) is 0 Å². The van der Waals surface area contributed by atoms with E-state index in [0.717, 1.165) is 13.1 Å². The zero-order valence-corrected chi connectivity index (χ0v) is 12.0. The van der Waals surface area contributed by atoms with Crippen LogP contribution in [0.2, 0.25) is 0 Å². The van der Waals surface area contributed by atoms with Gasteiger partial charge in [-0.3, -0.25) is 4.79 Å². The van der Waals surface area contributed by atoms with Crippen LogP contribution < -0.4 is 16.4 Å². The predicted molar refractivity (Wildman–Crippen MR) is 74.2 cm³/mol. The van der Waals surface area contributed by atoms with E-state index in [1.54, 1.807) is 0 Å². The highest BCUT2D eigenvalue weighted by atomic mass is 16.4. The Kier molecular flexibility index (Phi) is 9.10. The van der Waals surface area contributed by atoms with E-state index in [2.05, 4.69) is 15.5 Å². The average Bonchev–Trinajstić information content (AvgIpc) is 2.39. The van der Waals surface area contributed by atoms with E-state index in [9.17, 15) is 14.4 Å². The molecule has 0 bridgehead atoms. The molecule has 1 atom stereocenters. The number of primary amides is 1. The second-order valence-corrected chi connectivity index (χ2v) is 4.32. The fraction of sp³-hybridized carbons (Fsp3) is 0.750. The molecule has 8 heteroatoms. The Balaban J connectivity index is 4.07. The number of rotatable bonds is 10. The first-order chi connectivity index (χ1) is 9.40. The van der Waals surface area contributed by atoms with Crippen molar-refractivity contribution in [2.45, 2.75) is 32.7 Å².